The normalized spacial score (nSPS) is 10.8. The van der Waals surface area contributed by atoms with Crippen molar-refractivity contribution in [3.05, 3.63) is 60.0 Å². The number of halogens is 1. The molecule has 0 saturated carbocycles. The van der Waals surface area contributed by atoms with Crippen molar-refractivity contribution in [3.63, 3.8) is 0 Å². The molecule has 1 heterocycles. The van der Waals surface area contributed by atoms with Crippen LogP contribution in [-0.2, 0) is 0 Å². The Morgan fingerprint density at radius 3 is 2.79 bits per heavy atom. The number of Topliss-reactive ketones (excluding diaryl/α,β-unsaturated/α-hetero) is 1. The first-order valence-electron chi connectivity index (χ1n) is 5.90. The summed E-state index contributed by atoms with van der Waals surface area (Å²) in [6.45, 7) is 1.42. The van der Waals surface area contributed by atoms with E-state index >= 15 is 0 Å². The number of benzene rings is 2. The van der Waals surface area contributed by atoms with E-state index in [4.69, 9.17) is 0 Å². The van der Waals surface area contributed by atoms with Gasteiger partial charge in [-0.1, -0.05) is 18.2 Å². The highest BCUT2D eigenvalue weighted by Gasteiger charge is 2.13. The molecule has 0 aliphatic carbocycles. The van der Waals surface area contributed by atoms with Crippen LogP contribution in [0.3, 0.4) is 0 Å². The van der Waals surface area contributed by atoms with Gasteiger partial charge in [0, 0.05) is 10.9 Å². The lowest BCUT2D eigenvalue weighted by Crippen LogP contribution is -2.05. The summed E-state index contributed by atoms with van der Waals surface area (Å²) in [6, 6.07) is 11.8. The monoisotopic (exact) mass is 254 g/mol. The van der Waals surface area contributed by atoms with Gasteiger partial charge in [-0.2, -0.15) is 5.10 Å². The van der Waals surface area contributed by atoms with Crippen molar-refractivity contribution in [2.75, 3.05) is 0 Å². The second-order valence-electron chi connectivity index (χ2n) is 4.33. The van der Waals surface area contributed by atoms with Crippen molar-refractivity contribution in [2.45, 2.75) is 6.92 Å². The maximum atomic E-state index is 13.3. The van der Waals surface area contributed by atoms with E-state index in [1.807, 2.05) is 24.3 Å². The number of fused-ring (bicyclic) bond motifs is 1. The third-order valence-electron chi connectivity index (χ3n) is 3.04. The molecular formula is C15H11FN2O. The van der Waals surface area contributed by atoms with Gasteiger partial charge in [0.1, 0.15) is 5.82 Å². The molecule has 94 valence electrons. The predicted octanol–water partition coefficient (Wildman–Crippen LogP) is 3.37. The molecule has 0 spiro atoms. The van der Waals surface area contributed by atoms with Gasteiger partial charge in [-0.05, 0) is 31.2 Å². The molecule has 0 bridgehead atoms. The van der Waals surface area contributed by atoms with Crippen LogP contribution in [0.2, 0.25) is 0 Å². The van der Waals surface area contributed by atoms with Crippen LogP contribution < -0.4 is 0 Å². The molecule has 2 aromatic carbocycles. The average Bonchev–Trinajstić information content (AvgIpc) is 2.82. The van der Waals surface area contributed by atoms with Crippen LogP contribution in [0.4, 0.5) is 4.39 Å². The molecule has 1 aromatic heterocycles. The summed E-state index contributed by atoms with van der Waals surface area (Å²) in [5, 5.41) is 5.25. The minimum Gasteiger partial charge on any atom is -0.294 e. The highest BCUT2D eigenvalue weighted by molar-refractivity contribution is 5.98. The van der Waals surface area contributed by atoms with Crippen molar-refractivity contribution in [1.82, 2.24) is 9.78 Å². The van der Waals surface area contributed by atoms with Crippen molar-refractivity contribution < 1.29 is 9.18 Å². The molecule has 0 amide bonds. The highest BCUT2D eigenvalue weighted by Crippen LogP contribution is 2.22. The van der Waals surface area contributed by atoms with Crippen LogP contribution in [0.25, 0.3) is 16.6 Å². The van der Waals surface area contributed by atoms with E-state index in [-0.39, 0.29) is 5.78 Å². The summed E-state index contributed by atoms with van der Waals surface area (Å²) in [5.74, 6) is -0.612. The summed E-state index contributed by atoms with van der Waals surface area (Å²) in [4.78, 5) is 11.6. The van der Waals surface area contributed by atoms with E-state index in [1.165, 1.54) is 19.1 Å². The van der Waals surface area contributed by atoms with Gasteiger partial charge in [-0.3, -0.25) is 4.79 Å². The fourth-order valence-corrected chi connectivity index (χ4v) is 2.14. The number of ketones is 1. The molecule has 0 unspecified atom stereocenters. The topological polar surface area (TPSA) is 34.9 Å². The Balaban J connectivity index is 2.30. The molecule has 3 nitrogen and oxygen atoms in total. The molecule has 3 aromatic rings. The van der Waals surface area contributed by atoms with Crippen molar-refractivity contribution in [1.29, 1.82) is 0 Å². The molecule has 0 aliphatic heterocycles. The van der Waals surface area contributed by atoms with Crippen LogP contribution in [-0.4, -0.2) is 15.6 Å². The zero-order valence-corrected chi connectivity index (χ0v) is 10.3. The Morgan fingerprint density at radius 1 is 1.21 bits per heavy atom. The number of para-hydroxylation sites is 1. The third kappa shape index (κ3) is 1.91. The Labute approximate surface area is 109 Å². The Bertz CT molecular complexity index is 777. The van der Waals surface area contributed by atoms with Gasteiger partial charge in [-0.25, -0.2) is 9.07 Å². The van der Waals surface area contributed by atoms with Gasteiger partial charge in [0.15, 0.2) is 5.78 Å². The first kappa shape index (κ1) is 11.6. The number of hydrogen-bond donors (Lipinski definition) is 0. The maximum Gasteiger partial charge on any atom is 0.162 e. The summed E-state index contributed by atoms with van der Waals surface area (Å²) in [5.41, 5.74) is 1.81. The first-order valence-corrected chi connectivity index (χ1v) is 5.90. The van der Waals surface area contributed by atoms with E-state index in [0.29, 0.717) is 11.3 Å². The zero-order valence-electron chi connectivity index (χ0n) is 10.3. The highest BCUT2D eigenvalue weighted by atomic mass is 19.1. The first-order chi connectivity index (χ1) is 9.16. The number of rotatable bonds is 2. The molecule has 0 N–H and O–H groups in total. The predicted molar refractivity (Wildman–Crippen MR) is 71.0 cm³/mol. The van der Waals surface area contributed by atoms with Gasteiger partial charge in [0.2, 0.25) is 0 Å². The van der Waals surface area contributed by atoms with E-state index < -0.39 is 5.82 Å². The standard InChI is InChI=1S/C15H11FN2O/c1-10(19)13-8-12(16)6-7-15(13)18-14-5-3-2-4-11(14)9-17-18/h2-9H,1H3. The summed E-state index contributed by atoms with van der Waals surface area (Å²) in [6.07, 6.45) is 1.72. The van der Waals surface area contributed by atoms with E-state index in [2.05, 4.69) is 5.10 Å². The zero-order chi connectivity index (χ0) is 13.4. The molecule has 0 fully saturated rings. The molecular weight excluding hydrogens is 243 g/mol. The molecule has 19 heavy (non-hydrogen) atoms. The summed E-state index contributed by atoms with van der Waals surface area (Å²) >= 11 is 0. The third-order valence-corrected chi connectivity index (χ3v) is 3.04. The Hall–Kier alpha value is -2.49. The Morgan fingerprint density at radius 2 is 2.00 bits per heavy atom. The number of nitrogens with zero attached hydrogens (tertiary/aromatic N) is 2. The minimum absolute atomic E-state index is 0.186. The minimum atomic E-state index is -0.426. The second kappa shape index (κ2) is 4.31. The van der Waals surface area contributed by atoms with Crippen molar-refractivity contribution in [3.8, 4) is 5.69 Å². The van der Waals surface area contributed by atoms with Crippen LogP contribution >= 0.6 is 0 Å². The van der Waals surface area contributed by atoms with E-state index in [1.54, 1.807) is 16.9 Å². The molecule has 4 heteroatoms. The molecule has 0 atom stereocenters. The van der Waals surface area contributed by atoms with Crippen LogP contribution in [0.1, 0.15) is 17.3 Å². The molecule has 0 aliphatic rings. The molecule has 0 saturated heterocycles. The lowest BCUT2D eigenvalue weighted by Gasteiger charge is -2.08. The fraction of sp³-hybridized carbons (Fsp3) is 0.0667. The number of hydrogen-bond acceptors (Lipinski definition) is 2. The second-order valence-corrected chi connectivity index (χ2v) is 4.33. The SMILES string of the molecule is CC(=O)c1cc(F)ccc1-n1ncc2ccccc21. The van der Waals surface area contributed by atoms with E-state index in [0.717, 1.165) is 10.9 Å². The fourth-order valence-electron chi connectivity index (χ4n) is 2.14. The molecule has 3 rings (SSSR count). The summed E-state index contributed by atoms with van der Waals surface area (Å²) in [7, 11) is 0. The van der Waals surface area contributed by atoms with Crippen LogP contribution in [0.5, 0.6) is 0 Å². The smallest absolute Gasteiger partial charge is 0.162 e. The van der Waals surface area contributed by atoms with Gasteiger partial charge in [0.05, 0.1) is 17.4 Å². The Kier molecular flexibility index (Phi) is 2.63. The van der Waals surface area contributed by atoms with E-state index in [9.17, 15) is 9.18 Å². The number of aromatic nitrogens is 2. The van der Waals surface area contributed by atoms with Gasteiger partial charge < -0.3 is 0 Å². The van der Waals surface area contributed by atoms with Crippen LogP contribution in [0, 0.1) is 5.82 Å². The van der Waals surface area contributed by atoms with Gasteiger partial charge in [-0.15, -0.1) is 0 Å². The summed E-state index contributed by atoms with van der Waals surface area (Å²) < 4.78 is 14.9. The number of carbonyl (C=O) groups is 1. The quantitative estimate of drug-likeness (QED) is 0.657. The average molecular weight is 254 g/mol. The number of carbonyl (C=O) groups excluding carboxylic acids is 1. The van der Waals surface area contributed by atoms with Crippen molar-refractivity contribution >= 4 is 16.7 Å². The molecule has 0 radical (unpaired) electrons. The van der Waals surface area contributed by atoms with Gasteiger partial charge >= 0.3 is 0 Å². The lowest BCUT2D eigenvalue weighted by atomic mass is 10.1. The van der Waals surface area contributed by atoms with Crippen LogP contribution in [0.15, 0.2) is 48.7 Å². The van der Waals surface area contributed by atoms with Gasteiger partial charge in [0.25, 0.3) is 0 Å². The largest absolute Gasteiger partial charge is 0.294 e. The maximum absolute atomic E-state index is 13.3. The lowest BCUT2D eigenvalue weighted by molar-refractivity contribution is 0.101. The van der Waals surface area contributed by atoms with Crippen molar-refractivity contribution in [2.24, 2.45) is 0 Å².